The van der Waals surface area contributed by atoms with E-state index in [1.165, 1.54) is 75.8 Å². The predicted molar refractivity (Wildman–Crippen MR) is 254 cm³/mol. The molecule has 5 nitrogen and oxygen atoms in total. The number of rotatable bonds is 21. The topological polar surface area (TPSA) is 71.3 Å². The molecule has 0 heterocycles. The van der Waals surface area contributed by atoms with E-state index in [4.69, 9.17) is 14.5 Å². The minimum Gasteiger partial charge on any atom is -0.507 e. The van der Waals surface area contributed by atoms with Gasteiger partial charge in [-0.1, -0.05) is 161 Å². The quantitative estimate of drug-likeness (QED) is 0.0829. The summed E-state index contributed by atoms with van der Waals surface area (Å²) in [6.07, 6.45) is 15.6. The van der Waals surface area contributed by atoms with Crippen LogP contribution in [0.5, 0.6) is 17.2 Å². The maximum Gasteiger partial charge on any atom is 0.137 e. The summed E-state index contributed by atoms with van der Waals surface area (Å²) >= 11 is 0. The van der Waals surface area contributed by atoms with Gasteiger partial charge in [0.15, 0.2) is 0 Å². The highest BCUT2D eigenvalue weighted by molar-refractivity contribution is 5.83. The van der Waals surface area contributed by atoms with Gasteiger partial charge in [0, 0.05) is 34.0 Å². The van der Waals surface area contributed by atoms with E-state index in [1.807, 2.05) is 6.92 Å². The third kappa shape index (κ3) is 13.8. The zero-order valence-corrected chi connectivity index (χ0v) is 40.6. The van der Waals surface area contributed by atoms with Gasteiger partial charge < -0.3 is 19.7 Å². The Bertz CT molecular complexity index is 1660. The molecule has 0 saturated carbocycles. The minimum absolute atomic E-state index is 0.0790. The van der Waals surface area contributed by atoms with Gasteiger partial charge in [-0.25, -0.2) is 4.39 Å². The second-order valence-corrected chi connectivity index (χ2v) is 21.5. The van der Waals surface area contributed by atoms with Crippen LogP contribution in [0, 0.1) is 5.82 Å². The average Bonchev–Trinajstić information content (AvgIpc) is 3.15. The van der Waals surface area contributed by atoms with Gasteiger partial charge in [0.2, 0.25) is 0 Å². The summed E-state index contributed by atoms with van der Waals surface area (Å²) in [6, 6.07) is 11.6. The van der Waals surface area contributed by atoms with Crippen LogP contribution in [0.2, 0.25) is 0 Å². The van der Waals surface area contributed by atoms with Crippen LogP contribution in [-0.4, -0.2) is 35.7 Å². The Hall–Kier alpha value is -3.38. The van der Waals surface area contributed by atoms with E-state index in [-0.39, 0.29) is 33.0 Å². The molecule has 6 heteroatoms. The van der Waals surface area contributed by atoms with Gasteiger partial charge in [-0.15, -0.1) is 0 Å². The molecule has 336 valence electrons. The van der Waals surface area contributed by atoms with Crippen molar-refractivity contribution in [1.29, 1.82) is 0 Å². The summed E-state index contributed by atoms with van der Waals surface area (Å²) in [6.45, 7) is 34.1. The largest absolute Gasteiger partial charge is 0.507 e. The van der Waals surface area contributed by atoms with E-state index >= 15 is 0 Å². The van der Waals surface area contributed by atoms with Crippen molar-refractivity contribution in [3.8, 4) is 17.2 Å². The number of benzene rings is 3. The molecule has 0 aliphatic carbocycles. The lowest BCUT2D eigenvalue weighted by atomic mass is 9.71. The minimum atomic E-state index is -1.67. The molecule has 3 aromatic rings. The van der Waals surface area contributed by atoms with Gasteiger partial charge >= 0.3 is 0 Å². The second kappa shape index (κ2) is 21.6. The number of phenolic OH excluding ortho intramolecular Hbond substituents is 1. The first-order chi connectivity index (χ1) is 27.9. The summed E-state index contributed by atoms with van der Waals surface area (Å²) in [5.41, 5.74) is 2.80. The molecule has 0 aliphatic heterocycles. The summed E-state index contributed by atoms with van der Waals surface area (Å²) in [7, 11) is 0. The molecule has 0 amide bonds. The molecule has 0 aromatic heterocycles. The van der Waals surface area contributed by atoms with Crippen molar-refractivity contribution in [2.24, 2.45) is 4.99 Å². The van der Waals surface area contributed by atoms with Gasteiger partial charge in [0.05, 0.1) is 19.3 Å². The highest BCUT2D eigenvalue weighted by atomic mass is 19.1. The van der Waals surface area contributed by atoms with Gasteiger partial charge in [-0.05, 0) is 95.0 Å². The summed E-state index contributed by atoms with van der Waals surface area (Å²) < 4.78 is 28.1. The molecule has 1 unspecified atom stereocenters. The molecular formula is C54H84FNO4. The molecule has 1 atom stereocenters. The van der Waals surface area contributed by atoms with Crippen LogP contribution in [0.4, 0.5) is 4.39 Å². The molecule has 3 rings (SSSR count). The zero-order chi connectivity index (χ0) is 45.1. The van der Waals surface area contributed by atoms with Crippen LogP contribution in [0.25, 0.3) is 0 Å². The third-order valence-electron chi connectivity index (χ3n) is 11.8. The number of aromatic hydroxyl groups is 1. The predicted octanol–water partition coefficient (Wildman–Crippen LogP) is 14.9. The lowest BCUT2D eigenvalue weighted by molar-refractivity contribution is 0.0581. The Balaban J connectivity index is 2.39. The highest BCUT2D eigenvalue weighted by Gasteiger charge is 2.43. The van der Waals surface area contributed by atoms with E-state index in [2.05, 4.69) is 121 Å². The Morgan fingerprint density at radius 2 is 0.917 bits per heavy atom. The lowest BCUT2D eigenvalue weighted by Gasteiger charge is -2.39. The van der Waals surface area contributed by atoms with Crippen molar-refractivity contribution < 1.29 is 24.1 Å². The van der Waals surface area contributed by atoms with Crippen molar-refractivity contribution in [2.45, 2.75) is 214 Å². The molecule has 0 spiro atoms. The fraction of sp³-hybridized carbons (Fsp3) is 0.648. The fourth-order valence-electron chi connectivity index (χ4n) is 7.93. The molecule has 0 radical (unpaired) electrons. The van der Waals surface area contributed by atoms with Crippen molar-refractivity contribution >= 4 is 6.21 Å². The number of hydrogen-bond acceptors (Lipinski definition) is 5. The molecule has 0 aliphatic rings. The Morgan fingerprint density at radius 1 is 0.567 bits per heavy atom. The van der Waals surface area contributed by atoms with Crippen LogP contribution in [0.15, 0.2) is 47.5 Å². The van der Waals surface area contributed by atoms with E-state index in [9.17, 15) is 14.6 Å². The van der Waals surface area contributed by atoms with E-state index < -0.39 is 17.5 Å². The maximum absolute atomic E-state index is 14.5. The van der Waals surface area contributed by atoms with Gasteiger partial charge in [-0.3, -0.25) is 4.99 Å². The third-order valence-corrected chi connectivity index (χ3v) is 11.8. The average molecular weight is 830 g/mol. The van der Waals surface area contributed by atoms with Crippen molar-refractivity contribution in [2.75, 3.05) is 13.2 Å². The molecule has 0 saturated heterocycles. The van der Waals surface area contributed by atoms with Crippen LogP contribution in [-0.2, 0) is 27.3 Å². The first-order valence-corrected chi connectivity index (χ1v) is 23.3. The molecule has 2 N–H and O–H groups in total. The number of nitrogens with zero attached hydrogens (tertiary/aromatic N) is 1. The van der Waals surface area contributed by atoms with Crippen molar-refractivity contribution in [1.82, 2.24) is 0 Å². The maximum atomic E-state index is 14.5. The van der Waals surface area contributed by atoms with E-state index in [0.29, 0.717) is 24.3 Å². The van der Waals surface area contributed by atoms with Crippen molar-refractivity contribution in [3.63, 3.8) is 0 Å². The monoisotopic (exact) mass is 830 g/mol. The van der Waals surface area contributed by atoms with Crippen LogP contribution >= 0.6 is 0 Å². The number of aliphatic hydroxyl groups is 1. The normalized spacial score (nSPS) is 13.6. The number of unbranched alkanes of at least 4 members (excludes halogenated alkanes) is 10. The zero-order valence-electron chi connectivity index (χ0n) is 40.6. The summed E-state index contributed by atoms with van der Waals surface area (Å²) in [5, 5.41) is 24.6. The molecule has 0 fully saturated rings. The summed E-state index contributed by atoms with van der Waals surface area (Å²) in [4.78, 5) is 4.95. The number of halogens is 1. The number of aliphatic imine (C=N–C) groups is 1. The Morgan fingerprint density at radius 3 is 1.27 bits per heavy atom. The Labute approximate surface area is 366 Å². The molecule has 0 bridgehead atoms. The lowest BCUT2D eigenvalue weighted by Crippen LogP contribution is -2.40. The molecule has 3 aromatic carbocycles. The second-order valence-electron chi connectivity index (χ2n) is 21.5. The first-order valence-electron chi connectivity index (χ1n) is 23.3. The highest BCUT2D eigenvalue weighted by Crippen LogP contribution is 2.49. The summed E-state index contributed by atoms with van der Waals surface area (Å²) in [5.74, 6) is 1.23. The van der Waals surface area contributed by atoms with Gasteiger partial charge in [0.1, 0.15) is 28.7 Å². The van der Waals surface area contributed by atoms with Crippen molar-refractivity contribution in [3.05, 3.63) is 87.2 Å². The standard InChI is InChI=1S/C54H84FNO4/c1-16-18-20-22-24-26-30-59-48-43(50(4,5)6)33-40(34-44(48)51(7,8)9)54(58,38(3)56-37-39-32-42(55)28-29-47(39)57)41-35-45(52(10,11)12)49(46(36-41)53(13,14)15)60-31-27-25-23-21-19-17-2/h28-29,32-38,57-58H,16-27,30-31H2,1-15H3. The first kappa shape index (κ1) is 51.0. The molecular weight excluding hydrogens is 746 g/mol. The fourth-order valence-corrected chi connectivity index (χ4v) is 7.93. The van der Waals surface area contributed by atoms with Gasteiger partial charge in [-0.2, -0.15) is 0 Å². The van der Waals surface area contributed by atoms with E-state index in [0.717, 1.165) is 59.4 Å². The van der Waals surface area contributed by atoms with Crippen LogP contribution in [0.1, 0.15) is 220 Å². The molecule has 60 heavy (non-hydrogen) atoms. The number of phenols is 1. The van der Waals surface area contributed by atoms with E-state index in [1.54, 1.807) is 0 Å². The smallest absolute Gasteiger partial charge is 0.137 e. The number of ether oxygens (including phenoxy) is 2. The van der Waals surface area contributed by atoms with Crippen LogP contribution < -0.4 is 9.47 Å². The number of hydrogen-bond donors (Lipinski definition) is 2. The Kier molecular flexibility index (Phi) is 18.4. The van der Waals surface area contributed by atoms with Gasteiger partial charge in [0.25, 0.3) is 0 Å². The van der Waals surface area contributed by atoms with Crippen LogP contribution in [0.3, 0.4) is 0 Å². The SMILES string of the molecule is CCCCCCCCOc1c(C(C)(C)C)cc(C(O)(c2cc(C(C)(C)C)c(OCCCCCCCC)c(C(C)(C)C)c2)C(C)N=Cc2cc(F)ccc2O)cc1C(C)(C)C.